The van der Waals surface area contributed by atoms with E-state index in [1.165, 1.54) is 44.8 Å². The van der Waals surface area contributed by atoms with Crippen molar-refractivity contribution in [3.63, 3.8) is 0 Å². The number of piperidine rings is 1. The summed E-state index contributed by atoms with van der Waals surface area (Å²) >= 11 is 7.26. The summed E-state index contributed by atoms with van der Waals surface area (Å²) in [4.78, 5) is 27.0. The lowest BCUT2D eigenvalue weighted by Crippen LogP contribution is -2.35. The molecule has 0 N–H and O–H groups in total. The largest absolute Gasteiger partial charge is 0.452 e. The minimum atomic E-state index is -3.65. The summed E-state index contributed by atoms with van der Waals surface area (Å²) in [6, 6.07) is 9.32. The highest BCUT2D eigenvalue weighted by atomic mass is 35.5. The van der Waals surface area contributed by atoms with Crippen LogP contribution in [0.5, 0.6) is 0 Å². The SMILES string of the molecule is CN(Cc1ccc(Cl)s1)C(=O)COC(=O)c1cccc(S(=O)(=O)N2CCCCC2)c1. The first-order valence-corrected chi connectivity index (χ1v) is 12.2. The third-order valence-electron chi connectivity index (χ3n) is 4.80. The van der Waals surface area contributed by atoms with E-state index in [-0.39, 0.29) is 16.4 Å². The monoisotopic (exact) mass is 470 g/mol. The molecule has 1 amide bonds. The van der Waals surface area contributed by atoms with E-state index in [1.807, 2.05) is 6.07 Å². The number of hydrogen-bond acceptors (Lipinski definition) is 6. The van der Waals surface area contributed by atoms with Gasteiger partial charge in [0.25, 0.3) is 5.91 Å². The van der Waals surface area contributed by atoms with Crippen molar-refractivity contribution in [2.45, 2.75) is 30.7 Å². The summed E-state index contributed by atoms with van der Waals surface area (Å²) in [6.07, 6.45) is 2.67. The summed E-state index contributed by atoms with van der Waals surface area (Å²) in [6.45, 7) is 0.884. The smallest absolute Gasteiger partial charge is 0.338 e. The lowest BCUT2D eigenvalue weighted by Gasteiger charge is -2.26. The van der Waals surface area contributed by atoms with Crippen molar-refractivity contribution in [2.24, 2.45) is 0 Å². The van der Waals surface area contributed by atoms with Crippen LogP contribution in [-0.2, 0) is 26.1 Å². The minimum Gasteiger partial charge on any atom is -0.452 e. The van der Waals surface area contributed by atoms with E-state index in [0.29, 0.717) is 24.0 Å². The lowest BCUT2D eigenvalue weighted by atomic mass is 10.2. The van der Waals surface area contributed by atoms with Gasteiger partial charge in [0.15, 0.2) is 6.61 Å². The molecule has 1 aliphatic heterocycles. The van der Waals surface area contributed by atoms with Crippen LogP contribution in [0.25, 0.3) is 0 Å². The van der Waals surface area contributed by atoms with Gasteiger partial charge in [0.2, 0.25) is 10.0 Å². The molecule has 30 heavy (non-hydrogen) atoms. The second-order valence-corrected chi connectivity index (χ2v) is 10.8. The third kappa shape index (κ3) is 5.60. The molecule has 2 heterocycles. The average Bonchev–Trinajstić information content (AvgIpc) is 3.16. The Balaban J connectivity index is 1.60. The summed E-state index contributed by atoms with van der Waals surface area (Å²) in [7, 11) is -2.05. The van der Waals surface area contributed by atoms with Crippen LogP contribution >= 0.6 is 22.9 Å². The van der Waals surface area contributed by atoms with Crippen molar-refractivity contribution in [3.05, 3.63) is 51.2 Å². The van der Waals surface area contributed by atoms with Crippen LogP contribution in [0.1, 0.15) is 34.5 Å². The molecule has 0 radical (unpaired) electrons. The highest BCUT2D eigenvalue weighted by molar-refractivity contribution is 7.89. The molecule has 0 aliphatic carbocycles. The van der Waals surface area contributed by atoms with E-state index >= 15 is 0 Å². The van der Waals surface area contributed by atoms with E-state index in [4.69, 9.17) is 16.3 Å². The molecule has 0 saturated carbocycles. The van der Waals surface area contributed by atoms with Crippen LogP contribution < -0.4 is 0 Å². The minimum absolute atomic E-state index is 0.0527. The Morgan fingerprint density at radius 2 is 1.90 bits per heavy atom. The van der Waals surface area contributed by atoms with Crippen LogP contribution in [0.4, 0.5) is 0 Å². The highest BCUT2D eigenvalue weighted by Crippen LogP contribution is 2.23. The van der Waals surface area contributed by atoms with Gasteiger partial charge in [0.1, 0.15) is 0 Å². The fraction of sp³-hybridized carbons (Fsp3) is 0.400. The number of rotatable bonds is 7. The molecule has 1 aromatic heterocycles. The molecule has 3 rings (SSSR count). The van der Waals surface area contributed by atoms with Gasteiger partial charge in [-0.1, -0.05) is 24.1 Å². The summed E-state index contributed by atoms with van der Waals surface area (Å²) in [5, 5.41) is 0. The van der Waals surface area contributed by atoms with Gasteiger partial charge in [-0.3, -0.25) is 4.79 Å². The Kier molecular flexibility index (Phi) is 7.51. The maximum absolute atomic E-state index is 12.8. The van der Waals surface area contributed by atoms with Crippen molar-refractivity contribution in [1.29, 1.82) is 0 Å². The first kappa shape index (κ1) is 22.7. The van der Waals surface area contributed by atoms with Crippen molar-refractivity contribution in [2.75, 3.05) is 26.7 Å². The van der Waals surface area contributed by atoms with Crippen LogP contribution in [0.2, 0.25) is 4.34 Å². The fourth-order valence-corrected chi connectivity index (χ4v) is 5.82. The number of carbonyl (C=O) groups excluding carboxylic acids is 2. The van der Waals surface area contributed by atoms with Crippen molar-refractivity contribution in [1.82, 2.24) is 9.21 Å². The molecule has 0 atom stereocenters. The topological polar surface area (TPSA) is 84.0 Å². The zero-order valence-corrected chi connectivity index (χ0v) is 18.9. The average molecular weight is 471 g/mol. The number of benzene rings is 1. The second-order valence-electron chi connectivity index (χ2n) is 7.02. The van der Waals surface area contributed by atoms with Crippen molar-refractivity contribution in [3.8, 4) is 0 Å². The van der Waals surface area contributed by atoms with E-state index in [1.54, 1.807) is 13.1 Å². The molecule has 1 aromatic carbocycles. The number of hydrogen-bond donors (Lipinski definition) is 0. The van der Waals surface area contributed by atoms with Gasteiger partial charge >= 0.3 is 5.97 Å². The zero-order valence-electron chi connectivity index (χ0n) is 16.5. The molecule has 0 spiro atoms. The van der Waals surface area contributed by atoms with Crippen molar-refractivity contribution >= 4 is 44.8 Å². The first-order chi connectivity index (χ1) is 14.3. The molecule has 2 aromatic rings. The predicted molar refractivity (Wildman–Crippen MR) is 115 cm³/mol. The number of esters is 1. The van der Waals surface area contributed by atoms with Gasteiger partial charge in [0, 0.05) is 25.0 Å². The standard InChI is InChI=1S/C20H23ClN2O5S2/c1-22(13-16-8-9-18(21)29-16)19(24)14-28-20(25)15-6-5-7-17(12-15)30(26,27)23-10-3-2-4-11-23/h5-9,12H,2-4,10-11,13-14H2,1H3. The predicted octanol–water partition coefficient (Wildman–Crippen LogP) is 3.39. The number of carbonyl (C=O) groups is 2. The van der Waals surface area contributed by atoms with Gasteiger partial charge in [0.05, 0.1) is 21.3 Å². The van der Waals surface area contributed by atoms with Gasteiger partial charge in [-0.15, -0.1) is 11.3 Å². The Morgan fingerprint density at radius 3 is 2.57 bits per heavy atom. The third-order valence-corrected chi connectivity index (χ3v) is 7.91. The Labute approximate surface area is 185 Å². The summed E-state index contributed by atoms with van der Waals surface area (Å²) < 4.78 is 32.8. The first-order valence-electron chi connectivity index (χ1n) is 9.53. The Bertz CT molecular complexity index is 1020. The van der Waals surface area contributed by atoms with Crippen molar-refractivity contribution < 1.29 is 22.7 Å². The zero-order chi connectivity index (χ0) is 21.7. The number of halogens is 1. The van der Waals surface area contributed by atoms with E-state index in [0.717, 1.165) is 24.1 Å². The number of amides is 1. The molecule has 1 fully saturated rings. The number of thiophene rings is 1. The van der Waals surface area contributed by atoms with Crippen LogP contribution in [0.3, 0.4) is 0 Å². The molecule has 7 nitrogen and oxygen atoms in total. The van der Waals surface area contributed by atoms with Gasteiger partial charge < -0.3 is 9.64 Å². The number of sulfonamides is 1. The van der Waals surface area contributed by atoms with Gasteiger partial charge in [-0.2, -0.15) is 4.31 Å². The maximum Gasteiger partial charge on any atom is 0.338 e. The Morgan fingerprint density at radius 1 is 1.17 bits per heavy atom. The molecular formula is C20H23ClN2O5S2. The quantitative estimate of drug-likeness (QED) is 0.579. The fourth-order valence-electron chi connectivity index (χ4n) is 3.12. The maximum atomic E-state index is 12.8. The highest BCUT2D eigenvalue weighted by Gasteiger charge is 2.26. The molecule has 0 bridgehead atoms. The van der Waals surface area contributed by atoms with Gasteiger partial charge in [-0.05, 0) is 43.2 Å². The molecular weight excluding hydrogens is 448 g/mol. The number of ether oxygens (including phenoxy) is 1. The van der Waals surface area contributed by atoms with Crippen LogP contribution in [0.15, 0.2) is 41.3 Å². The molecule has 162 valence electrons. The second kappa shape index (κ2) is 9.91. The number of nitrogens with zero attached hydrogens (tertiary/aromatic N) is 2. The summed E-state index contributed by atoms with van der Waals surface area (Å²) in [5.74, 6) is -1.11. The number of likely N-dealkylation sites (N-methyl/N-ethyl adjacent to an activating group) is 1. The normalized spacial score (nSPS) is 15.0. The molecule has 10 heteroatoms. The van der Waals surface area contributed by atoms with Crippen LogP contribution in [0, 0.1) is 0 Å². The van der Waals surface area contributed by atoms with E-state index < -0.39 is 22.6 Å². The molecule has 1 aliphatic rings. The van der Waals surface area contributed by atoms with E-state index in [9.17, 15) is 18.0 Å². The van der Waals surface area contributed by atoms with Gasteiger partial charge in [-0.25, -0.2) is 13.2 Å². The van der Waals surface area contributed by atoms with E-state index in [2.05, 4.69) is 0 Å². The molecule has 0 unspecified atom stereocenters. The summed E-state index contributed by atoms with van der Waals surface area (Å²) in [5.41, 5.74) is 0.0913. The Hall–Kier alpha value is -1.94. The molecule has 1 saturated heterocycles. The lowest BCUT2D eigenvalue weighted by molar-refractivity contribution is -0.133. The van der Waals surface area contributed by atoms with Crippen LogP contribution in [-0.4, -0.2) is 56.2 Å².